The van der Waals surface area contributed by atoms with Crippen molar-refractivity contribution in [2.75, 3.05) is 31.5 Å². The van der Waals surface area contributed by atoms with E-state index in [4.69, 9.17) is 0 Å². The second-order valence-corrected chi connectivity index (χ2v) is 7.79. The maximum absolute atomic E-state index is 12.8. The number of nitrogens with zero attached hydrogens (tertiary/aromatic N) is 2. The summed E-state index contributed by atoms with van der Waals surface area (Å²) in [7, 11) is 0. The number of nitrogens with one attached hydrogen (secondary N) is 1. The second kappa shape index (κ2) is 7.61. The number of allylic oxidation sites excluding steroid dienone is 2. The normalized spacial score (nSPS) is 26.5. The number of carbonyl (C=O) groups is 1. The molecule has 0 aromatic heterocycles. The minimum absolute atomic E-state index is 0.0699. The fourth-order valence-corrected chi connectivity index (χ4v) is 4.51. The SMILES string of the molecule is O=C(Nc1ccccc1CN1CCCCC1)N1C[C@H]2CC=CC[C@H]2C1. The highest BCUT2D eigenvalue weighted by atomic mass is 16.2. The van der Waals surface area contributed by atoms with E-state index in [0.29, 0.717) is 11.8 Å². The van der Waals surface area contributed by atoms with E-state index in [9.17, 15) is 4.79 Å². The van der Waals surface area contributed by atoms with Crippen molar-refractivity contribution < 1.29 is 4.79 Å². The number of piperidine rings is 1. The minimum atomic E-state index is 0.0699. The lowest BCUT2D eigenvalue weighted by Gasteiger charge is -2.27. The van der Waals surface area contributed by atoms with Crippen molar-refractivity contribution in [3.05, 3.63) is 42.0 Å². The van der Waals surface area contributed by atoms with Crippen molar-refractivity contribution in [3.8, 4) is 0 Å². The van der Waals surface area contributed by atoms with Crippen LogP contribution in [0.2, 0.25) is 0 Å². The van der Waals surface area contributed by atoms with Crippen LogP contribution in [0.4, 0.5) is 10.5 Å². The zero-order chi connectivity index (χ0) is 17.1. The van der Waals surface area contributed by atoms with Crippen molar-refractivity contribution >= 4 is 11.7 Å². The quantitative estimate of drug-likeness (QED) is 0.842. The number of hydrogen-bond acceptors (Lipinski definition) is 2. The van der Waals surface area contributed by atoms with E-state index in [0.717, 1.165) is 38.2 Å². The number of fused-ring (bicyclic) bond motifs is 1. The molecule has 4 rings (SSSR count). The number of hydrogen-bond donors (Lipinski definition) is 1. The lowest BCUT2D eigenvalue weighted by Crippen LogP contribution is -2.34. The first kappa shape index (κ1) is 16.6. The highest BCUT2D eigenvalue weighted by Gasteiger charge is 2.35. The zero-order valence-electron chi connectivity index (χ0n) is 15.0. The Labute approximate surface area is 150 Å². The summed E-state index contributed by atoms with van der Waals surface area (Å²) in [6.07, 6.45) is 10.7. The monoisotopic (exact) mass is 339 g/mol. The molecule has 0 radical (unpaired) electrons. The lowest BCUT2D eigenvalue weighted by atomic mass is 9.86. The molecule has 3 aliphatic rings. The van der Waals surface area contributed by atoms with Gasteiger partial charge in [-0.15, -0.1) is 0 Å². The first-order valence-electron chi connectivity index (χ1n) is 9.81. The number of rotatable bonds is 3. The van der Waals surface area contributed by atoms with Gasteiger partial charge in [0.1, 0.15) is 0 Å². The van der Waals surface area contributed by atoms with Gasteiger partial charge >= 0.3 is 6.03 Å². The molecule has 134 valence electrons. The van der Waals surface area contributed by atoms with Crippen LogP contribution >= 0.6 is 0 Å². The number of amides is 2. The van der Waals surface area contributed by atoms with E-state index in [2.05, 4.69) is 34.5 Å². The van der Waals surface area contributed by atoms with Gasteiger partial charge in [0.2, 0.25) is 0 Å². The molecular weight excluding hydrogens is 310 g/mol. The van der Waals surface area contributed by atoms with Crippen LogP contribution in [0.15, 0.2) is 36.4 Å². The number of anilines is 1. The van der Waals surface area contributed by atoms with Crippen LogP contribution in [0.1, 0.15) is 37.7 Å². The van der Waals surface area contributed by atoms with Crippen molar-refractivity contribution in [2.24, 2.45) is 11.8 Å². The molecule has 1 aromatic carbocycles. The molecule has 2 aliphatic heterocycles. The molecule has 0 saturated carbocycles. The van der Waals surface area contributed by atoms with E-state index in [1.165, 1.54) is 37.9 Å². The minimum Gasteiger partial charge on any atom is -0.324 e. The maximum Gasteiger partial charge on any atom is 0.321 e. The average Bonchev–Trinajstić information content (AvgIpc) is 3.09. The highest BCUT2D eigenvalue weighted by Crippen LogP contribution is 2.33. The van der Waals surface area contributed by atoms with E-state index < -0.39 is 0 Å². The third kappa shape index (κ3) is 3.90. The van der Waals surface area contributed by atoms with Crippen LogP contribution in [0.3, 0.4) is 0 Å². The fraction of sp³-hybridized carbons (Fsp3) is 0.571. The topological polar surface area (TPSA) is 35.6 Å². The summed E-state index contributed by atoms with van der Waals surface area (Å²) in [5.74, 6) is 1.30. The molecule has 25 heavy (non-hydrogen) atoms. The van der Waals surface area contributed by atoms with Gasteiger partial charge in [-0.3, -0.25) is 4.90 Å². The molecule has 0 unspecified atom stereocenters. The summed E-state index contributed by atoms with van der Waals surface area (Å²) in [6, 6.07) is 8.36. The number of likely N-dealkylation sites (tertiary alicyclic amines) is 2. The summed E-state index contributed by atoms with van der Waals surface area (Å²) in [4.78, 5) is 17.3. The van der Waals surface area contributed by atoms with Gasteiger partial charge < -0.3 is 10.2 Å². The predicted molar refractivity (Wildman–Crippen MR) is 102 cm³/mol. The third-order valence-electron chi connectivity index (χ3n) is 6.01. The van der Waals surface area contributed by atoms with Gasteiger partial charge in [0.05, 0.1) is 0 Å². The second-order valence-electron chi connectivity index (χ2n) is 7.79. The Morgan fingerprint density at radius 3 is 2.40 bits per heavy atom. The number of carbonyl (C=O) groups excluding carboxylic acids is 1. The smallest absolute Gasteiger partial charge is 0.321 e. The van der Waals surface area contributed by atoms with Crippen LogP contribution in [0.25, 0.3) is 0 Å². The molecule has 4 heteroatoms. The molecule has 2 fully saturated rings. The standard InChI is InChI=1S/C21H29N3O/c25-21(24-15-17-8-2-3-9-18(17)16-24)22-20-11-5-4-10-19(20)14-23-12-6-1-7-13-23/h2-5,10-11,17-18H,1,6-9,12-16H2,(H,22,25)/t17-,18+. The Balaban J connectivity index is 1.39. The number of para-hydroxylation sites is 1. The molecule has 2 atom stereocenters. The third-order valence-corrected chi connectivity index (χ3v) is 6.01. The van der Waals surface area contributed by atoms with Gasteiger partial charge in [-0.25, -0.2) is 4.79 Å². The van der Waals surface area contributed by atoms with Gasteiger partial charge in [-0.1, -0.05) is 36.8 Å². The van der Waals surface area contributed by atoms with Gasteiger partial charge in [0.25, 0.3) is 0 Å². The first-order chi connectivity index (χ1) is 12.3. The van der Waals surface area contributed by atoms with Crippen LogP contribution < -0.4 is 5.32 Å². The van der Waals surface area contributed by atoms with Crippen LogP contribution in [0.5, 0.6) is 0 Å². The molecule has 4 nitrogen and oxygen atoms in total. The molecule has 1 N–H and O–H groups in total. The van der Waals surface area contributed by atoms with E-state index in [-0.39, 0.29) is 6.03 Å². The first-order valence-corrected chi connectivity index (χ1v) is 9.81. The number of benzene rings is 1. The average molecular weight is 339 g/mol. The molecule has 2 saturated heterocycles. The molecule has 0 bridgehead atoms. The maximum atomic E-state index is 12.8. The lowest BCUT2D eigenvalue weighted by molar-refractivity contribution is 0.218. The molecule has 2 amide bonds. The van der Waals surface area contributed by atoms with E-state index in [1.807, 2.05) is 17.0 Å². The van der Waals surface area contributed by atoms with Crippen LogP contribution in [-0.2, 0) is 6.54 Å². The summed E-state index contributed by atoms with van der Waals surface area (Å²) in [6.45, 7) is 5.07. The molecule has 2 heterocycles. The van der Waals surface area contributed by atoms with E-state index >= 15 is 0 Å². The predicted octanol–water partition coefficient (Wildman–Crippen LogP) is 4.10. The highest BCUT2D eigenvalue weighted by molar-refractivity contribution is 5.90. The fourth-order valence-electron chi connectivity index (χ4n) is 4.51. The van der Waals surface area contributed by atoms with Crippen molar-refractivity contribution in [2.45, 2.75) is 38.6 Å². The van der Waals surface area contributed by atoms with Crippen molar-refractivity contribution in [1.29, 1.82) is 0 Å². The Morgan fingerprint density at radius 1 is 1.00 bits per heavy atom. The Kier molecular flexibility index (Phi) is 5.07. The molecule has 1 aromatic rings. The van der Waals surface area contributed by atoms with Crippen LogP contribution in [-0.4, -0.2) is 42.0 Å². The van der Waals surface area contributed by atoms with Gasteiger partial charge in [-0.2, -0.15) is 0 Å². The van der Waals surface area contributed by atoms with Gasteiger partial charge in [-0.05, 0) is 62.2 Å². The van der Waals surface area contributed by atoms with Crippen molar-refractivity contribution in [1.82, 2.24) is 9.80 Å². The molecule has 0 spiro atoms. The largest absolute Gasteiger partial charge is 0.324 e. The van der Waals surface area contributed by atoms with Crippen LogP contribution in [0, 0.1) is 11.8 Å². The van der Waals surface area contributed by atoms with Gasteiger partial charge in [0, 0.05) is 25.3 Å². The summed E-state index contributed by atoms with van der Waals surface area (Å²) >= 11 is 0. The van der Waals surface area contributed by atoms with E-state index in [1.54, 1.807) is 0 Å². The zero-order valence-corrected chi connectivity index (χ0v) is 15.0. The summed E-state index contributed by atoms with van der Waals surface area (Å²) in [5.41, 5.74) is 2.21. The Morgan fingerprint density at radius 2 is 1.68 bits per heavy atom. The molecular formula is C21H29N3O. The molecule has 1 aliphatic carbocycles. The Bertz CT molecular complexity index is 620. The number of urea groups is 1. The summed E-state index contributed by atoms with van der Waals surface area (Å²) < 4.78 is 0. The van der Waals surface area contributed by atoms with Gasteiger partial charge in [0.15, 0.2) is 0 Å². The summed E-state index contributed by atoms with van der Waals surface area (Å²) in [5, 5.41) is 3.19. The Hall–Kier alpha value is -1.81. The van der Waals surface area contributed by atoms with Crippen molar-refractivity contribution in [3.63, 3.8) is 0 Å².